The predicted molar refractivity (Wildman–Crippen MR) is 133 cm³/mol. The van der Waals surface area contributed by atoms with Crippen molar-refractivity contribution in [3.8, 4) is 22.5 Å². The minimum Gasteiger partial charge on any atom is -0.383 e. The molecule has 0 saturated carbocycles. The number of piperazine rings is 1. The number of nitrogens with one attached hydrogen (secondary N) is 1. The van der Waals surface area contributed by atoms with E-state index in [-0.39, 0.29) is 0 Å². The van der Waals surface area contributed by atoms with Gasteiger partial charge in [0.05, 0.1) is 18.8 Å². The first-order valence-corrected chi connectivity index (χ1v) is 11.6. The Morgan fingerprint density at radius 2 is 1.88 bits per heavy atom. The van der Waals surface area contributed by atoms with Crippen LogP contribution in [0.25, 0.3) is 22.5 Å². The first kappa shape index (κ1) is 22.2. The normalized spacial score (nSPS) is 13.9. The molecular weight excluding hydrogens is 426 g/mol. The smallest absolute Gasteiger partial charge is 0.133 e. The topological polar surface area (TPSA) is 81.0 Å². The van der Waals surface area contributed by atoms with Gasteiger partial charge < -0.3 is 15.0 Å². The van der Waals surface area contributed by atoms with Gasteiger partial charge in [-0.2, -0.15) is 5.10 Å². The molecule has 0 radical (unpaired) electrons. The molecule has 1 saturated heterocycles. The lowest BCUT2D eigenvalue weighted by molar-refractivity contribution is 0.183. The highest BCUT2D eigenvalue weighted by atomic mass is 16.5. The molecule has 4 aromatic rings. The molecule has 0 atom stereocenters. The van der Waals surface area contributed by atoms with E-state index in [0.29, 0.717) is 19.6 Å². The zero-order valence-corrected chi connectivity index (χ0v) is 19.4. The quantitative estimate of drug-likeness (QED) is 0.437. The molecule has 1 N–H and O–H groups in total. The van der Waals surface area contributed by atoms with Crippen LogP contribution in [0.2, 0.25) is 0 Å². The molecule has 0 unspecified atom stereocenters. The van der Waals surface area contributed by atoms with Gasteiger partial charge in [-0.1, -0.05) is 12.1 Å². The van der Waals surface area contributed by atoms with Crippen LogP contribution in [0.1, 0.15) is 11.4 Å². The van der Waals surface area contributed by atoms with Gasteiger partial charge in [0.2, 0.25) is 0 Å². The van der Waals surface area contributed by atoms with E-state index >= 15 is 0 Å². The van der Waals surface area contributed by atoms with Gasteiger partial charge in [-0.3, -0.25) is 9.67 Å². The van der Waals surface area contributed by atoms with E-state index in [1.165, 1.54) is 11.3 Å². The molecule has 1 fully saturated rings. The highest BCUT2D eigenvalue weighted by Crippen LogP contribution is 2.29. The van der Waals surface area contributed by atoms with Crippen molar-refractivity contribution in [2.75, 3.05) is 44.8 Å². The fraction of sp³-hybridized carbons (Fsp3) is 0.308. The van der Waals surface area contributed by atoms with Gasteiger partial charge in [0.1, 0.15) is 11.5 Å². The SMILES string of the molecule is COCCn1cc(-c2ccnc(Cc3ccc(N4CCNCC4)cc3)n2)c(-c2cccnc2)n1. The van der Waals surface area contributed by atoms with Crippen LogP contribution in [-0.4, -0.2) is 64.6 Å². The Morgan fingerprint density at radius 1 is 1.03 bits per heavy atom. The van der Waals surface area contributed by atoms with Crippen LogP contribution in [0.4, 0.5) is 5.69 Å². The van der Waals surface area contributed by atoms with Gasteiger partial charge >= 0.3 is 0 Å². The van der Waals surface area contributed by atoms with Crippen LogP contribution in [0.15, 0.2) is 67.3 Å². The monoisotopic (exact) mass is 455 g/mol. The van der Waals surface area contributed by atoms with Crippen molar-refractivity contribution in [3.63, 3.8) is 0 Å². The number of hydrogen-bond donors (Lipinski definition) is 1. The summed E-state index contributed by atoms with van der Waals surface area (Å²) in [4.78, 5) is 16.1. The summed E-state index contributed by atoms with van der Waals surface area (Å²) in [5.41, 5.74) is 6.09. The Hall–Kier alpha value is -3.62. The number of pyridine rings is 1. The number of aromatic nitrogens is 5. The van der Waals surface area contributed by atoms with Crippen molar-refractivity contribution in [2.45, 2.75) is 13.0 Å². The molecule has 174 valence electrons. The number of nitrogens with zero attached hydrogens (tertiary/aromatic N) is 6. The van der Waals surface area contributed by atoms with Crippen LogP contribution in [-0.2, 0) is 17.7 Å². The Labute approximate surface area is 199 Å². The molecule has 1 aliphatic heterocycles. The van der Waals surface area contributed by atoms with Crippen molar-refractivity contribution >= 4 is 5.69 Å². The first-order chi connectivity index (χ1) is 16.8. The van der Waals surface area contributed by atoms with Crippen LogP contribution >= 0.6 is 0 Å². The zero-order valence-electron chi connectivity index (χ0n) is 19.4. The highest BCUT2D eigenvalue weighted by Gasteiger charge is 2.16. The molecular formula is C26H29N7O. The highest BCUT2D eigenvalue weighted by molar-refractivity contribution is 5.78. The van der Waals surface area contributed by atoms with Crippen molar-refractivity contribution in [2.24, 2.45) is 0 Å². The number of rotatable bonds is 8. The molecule has 0 amide bonds. The maximum absolute atomic E-state index is 5.23. The van der Waals surface area contributed by atoms with Crippen LogP contribution in [0.3, 0.4) is 0 Å². The second-order valence-electron chi connectivity index (χ2n) is 8.33. The zero-order chi connectivity index (χ0) is 23.2. The second kappa shape index (κ2) is 10.5. The Balaban J connectivity index is 1.39. The lowest BCUT2D eigenvalue weighted by Crippen LogP contribution is -2.43. The number of anilines is 1. The number of methoxy groups -OCH3 is 1. The van der Waals surface area contributed by atoms with Crippen LogP contribution in [0.5, 0.6) is 0 Å². The average Bonchev–Trinajstić information content (AvgIpc) is 3.33. The molecule has 8 heteroatoms. The largest absolute Gasteiger partial charge is 0.383 e. The summed E-state index contributed by atoms with van der Waals surface area (Å²) < 4.78 is 7.13. The van der Waals surface area contributed by atoms with Crippen LogP contribution < -0.4 is 10.2 Å². The molecule has 0 bridgehead atoms. The number of hydrogen-bond acceptors (Lipinski definition) is 7. The molecule has 3 aromatic heterocycles. The lowest BCUT2D eigenvalue weighted by atomic mass is 10.1. The van der Waals surface area contributed by atoms with E-state index < -0.39 is 0 Å². The van der Waals surface area contributed by atoms with Gasteiger partial charge in [0.15, 0.2) is 0 Å². The van der Waals surface area contributed by atoms with Crippen molar-refractivity contribution in [1.29, 1.82) is 0 Å². The maximum atomic E-state index is 5.23. The minimum absolute atomic E-state index is 0.590. The third-order valence-electron chi connectivity index (χ3n) is 5.98. The fourth-order valence-corrected chi connectivity index (χ4v) is 4.19. The van der Waals surface area contributed by atoms with Gasteiger partial charge in [-0.05, 0) is 35.9 Å². The molecule has 4 heterocycles. The van der Waals surface area contributed by atoms with Crippen molar-refractivity contribution < 1.29 is 4.74 Å². The standard InChI is InChI=1S/C26H29N7O/c1-34-16-15-33-19-23(26(31-33)21-3-2-9-28-18-21)24-8-10-29-25(30-24)17-20-4-6-22(7-5-20)32-13-11-27-12-14-32/h2-10,18-19,27H,11-17H2,1H3. The van der Waals surface area contributed by atoms with E-state index in [0.717, 1.165) is 54.5 Å². The first-order valence-electron chi connectivity index (χ1n) is 11.6. The van der Waals surface area contributed by atoms with Crippen molar-refractivity contribution in [1.82, 2.24) is 30.0 Å². The second-order valence-corrected chi connectivity index (χ2v) is 8.33. The summed E-state index contributed by atoms with van der Waals surface area (Å²) in [5.74, 6) is 0.786. The average molecular weight is 456 g/mol. The summed E-state index contributed by atoms with van der Waals surface area (Å²) in [6.07, 6.45) is 8.12. The molecule has 1 aromatic carbocycles. The summed E-state index contributed by atoms with van der Waals surface area (Å²) in [6.45, 7) is 5.41. The lowest BCUT2D eigenvalue weighted by Gasteiger charge is -2.29. The third-order valence-corrected chi connectivity index (χ3v) is 5.98. The summed E-state index contributed by atoms with van der Waals surface area (Å²) >= 11 is 0. The fourth-order valence-electron chi connectivity index (χ4n) is 4.19. The molecule has 0 aliphatic carbocycles. The van der Waals surface area contributed by atoms with Crippen molar-refractivity contribution in [3.05, 3.63) is 78.6 Å². The molecule has 1 aliphatic rings. The molecule has 0 spiro atoms. The minimum atomic E-state index is 0.590. The predicted octanol–water partition coefficient (Wildman–Crippen LogP) is 3.05. The van der Waals surface area contributed by atoms with E-state index in [4.69, 9.17) is 14.8 Å². The Morgan fingerprint density at radius 3 is 2.65 bits per heavy atom. The van der Waals surface area contributed by atoms with Gasteiger partial charge in [-0.25, -0.2) is 9.97 Å². The van der Waals surface area contributed by atoms with E-state index in [2.05, 4.69) is 44.5 Å². The maximum Gasteiger partial charge on any atom is 0.133 e. The summed E-state index contributed by atoms with van der Waals surface area (Å²) in [6, 6.07) is 14.6. The van der Waals surface area contributed by atoms with Crippen LogP contribution in [0, 0.1) is 0 Å². The molecule has 5 rings (SSSR count). The number of benzene rings is 1. The van der Waals surface area contributed by atoms with Gasteiger partial charge in [0.25, 0.3) is 0 Å². The molecule has 8 nitrogen and oxygen atoms in total. The van der Waals surface area contributed by atoms with E-state index in [1.807, 2.05) is 41.5 Å². The summed E-state index contributed by atoms with van der Waals surface area (Å²) in [7, 11) is 1.69. The van der Waals surface area contributed by atoms with E-state index in [1.54, 1.807) is 13.3 Å². The Bertz CT molecular complexity index is 1200. The summed E-state index contributed by atoms with van der Waals surface area (Å²) in [5, 5.41) is 8.19. The number of ether oxygens (including phenoxy) is 1. The van der Waals surface area contributed by atoms with Gasteiger partial charge in [0, 0.05) is 81.3 Å². The Kier molecular flexibility index (Phi) is 6.88. The molecule has 34 heavy (non-hydrogen) atoms. The van der Waals surface area contributed by atoms with E-state index in [9.17, 15) is 0 Å². The van der Waals surface area contributed by atoms with Gasteiger partial charge in [-0.15, -0.1) is 0 Å². The third kappa shape index (κ3) is 5.13.